The first kappa shape index (κ1) is 26.1. The third-order valence-corrected chi connectivity index (χ3v) is 5.60. The number of aliphatic hydroxyl groups is 1. The lowest BCUT2D eigenvalue weighted by Gasteiger charge is -2.25. The molecule has 2 N–H and O–H groups in total. The Kier molecular flexibility index (Phi) is 8.76. The van der Waals surface area contributed by atoms with Crippen LogP contribution >= 0.6 is 0 Å². The van der Waals surface area contributed by atoms with Gasteiger partial charge in [0.05, 0.1) is 24.8 Å². The lowest BCUT2D eigenvalue weighted by Crippen LogP contribution is -2.31. The van der Waals surface area contributed by atoms with E-state index in [1.54, 1.807) is 50.4 Å². The summed E-state index contributed by atoms with van der Waals surface area (Å²) < 4.78 is 16.3. The van der Waals surface area contributed by atoms with Crippen LogP contribution in [0.1, 0.15) is 44.4 Å². The molecular weight excluding hydrogens is 450 g/mol. The fraction of sp³-hybridized carbons (Fsp3) is 0.407. The van der Waals surface area contributed by atoms with Crippen LogP contribution < -0.4 is 9.47 Å². The molecule has 8 nitrogen and oxygen atoms in total. The number of ether oxygens (including phenoxy) is 3. The Bertz CT molecular complexity index is 1080. The summed E-state index contributed by atoms with van der Waals surface area (Å²) in [5.74, 6) is -0.547. The topological polar surface area (TPSA) is 106 Å². The van der Waals surface area contributed by atoms with Gasteiger partial charge in [-0.05, 0) is 61.2 Å². The van der Waals surface area contributed by atoms with Crippen LogP contribution in [0.25, 0.3) is 5.76 Å². The van der Waals surface area contributed by atoms with Crippen LogP contribution in [0.2, 0.25) is 0 Å². The molecule has 2 aromatic rings. The molecule has 1 fully saturated rings. The van der Waals surface area contributed by atoms with Gasteiger partial charge in [0.1, 0.15) is 11.5 Å². The fourth-order valence-corrected chi connectivity index (χ4v) is 3.94. The molecule has 35 heavy (non-hydrogen) atoms. The summed E-state index contributed by atoms with van der Waals surface area (Å²) in [6.07, 6.45) is 0.512. The van der Waals surface area contributed by atoms with Crippen LogP contribution in [0.3, 0.4) is 0 Å². The number of ketones is 1. The number of carbonyl (C=O) groups excluding carboxylic acids is 2. The van der Waals surface area contributed by atoms with Crippen molar-refractivity contribution in [3.8, 4) is 17.2 Å². The lowest BCUT2D eigenvalue weighted by molar-refractivity contribution is -0.140. The molecule has 1 amide bonds. The summed E-state index contributed by atoms with van der Waals surface area (Å²) in [6, 6.07) is 10.6. The molecule has 8 heteroatoms. The van der Waals surface area contributed by atoms with Crippen LogP contribution in [-0.4, -0.2) is 60.3 Å². The zero-order valence-corrected chi connectivity index (χ0v) is 20.6. The number of likely N-dealkylation sites (tertiary alicyclic amines) is 1. The summed E-state index contributed by atoms with van der Waals surface area (Å²) in [5.41, 5.74) is 0.920. The molecule has 0 aliphatic carbocycles. The largest absolute Gasteiger partial charge is 0.507 e. The molecule has 0 saturated carbocycles. The molecule has 1 heterocycles. The summed E-state index contributed by atoms with van der Waals surface area (Å²) in [5, 5.41) is 21.3. The van der Waals surface area contributed by atoms with Crippen LogP contribution in [-0.2, 0) is 14.3 Å². The molecule has 188 valence electrons. The van der Waals surface area contributed by atoms with Crippen LogP contribution in [0, 0.1) is 5.92 Å². The average molecular weight is 484 g/mol. The Morgan fingerprint density at radius 2 is 1.80 bits per heavy atom. The second-order valence-electron chi connectivity index (χ2n) is 8.73. The summed E-state index contributed by atoms with van der Waals surface area (Å²) in [6.45, 7) is 7.44. The van der Waals surface area contributed by atoms with Crippen molar-refractivity contribution >= 4 is 17.4 Å². The SMILES string of the molecule is CCOc1cc([C@@H]2/C(=C(\O)c3ccc(OCC(C)C)cc3)C(=O)C(=O)N2CCCOC)ccc1O. The van der Waals surface area contributed by atoms with Gasteiger partial charge in [-0.15, -0.1) is 0 Å². The van der Waals surface area contributed by atoms with E-state index in [0.717, 1.165) is 0 Å². The number of aromatic hydroxyl groups is 1. The number of methoxy groups -OCH3 is 1. The van der Waals surface area contributed by atoms with Gasteiger partial charge >= 0.3 is 0 Å². The van der Waals surface area contributed by atoms with Crippen molar-refractivity contribution < 1.29 is 34.0 Å². The molecule has 1 aliphatic rings. The Morgan fingerprint density at radius 3 is 2.43 bits per heavy atom. The second-order valence-corrected chi connectivity index (χ2v) is 8.73. The van der Waals surface area contributed by atoms with Gasteiger partial charge in [0.15, 0.2) is 11.5 Å². The Balaban J connectivity index is 2.06. The molecule has 0 bridgehead atoms. The Labute approximate surface area is 205 Å². The number of phenolic OH excluding ortho intramolecular Hbond substituents is 1. The van der Waals surface area contributed by atoms with E-state index in [4.69, 9.17) is 14.2 Å². The number of hydrogen-bond donors (Lipinski definition) is 2. The zero-order valence-electron chi connectivity index (χ0n) is 20.6. The lowest BCUT2D eigenvalue weighted by atomic mass is 9.95. The number of benzene rings is 2. The van der Waals surface area contributed by atoms with Crippen molar-refractivity contribution in [3.63, 3.8) is 0 Å². The third kappa shape index (κ3) is 5.95. The van der Waals surface area contributed by atoms with Gasteiger partial charge in [-0.25, -0.2) is 0 Å². The van der Waals surface area contributed by atoms with Crippen LogP contribution in [0.5, 0.6) is 17.2 Å². The van der Waals surface area contributed by atoms with E-state index in [-0.39, 0.29) is 29.4 Å². The molecule has 0 unspecified atom stereocenters. The summed E-state index contributed by atoms with van der Waals surface area (Å²) in [4.78, 5) is 27.5. The van der Waals surface area contributed by atoms with Crippen molar-refractivity contribution in [2.24, 2.45) is 5.92 Å². The number of amides is 1. The van der Waals surface area contributed by atoms with Crippen molar-refractivity contribution in [1.29, 1.82) is 0 Å². The predicted octanol–water partition coefficient (Wildman–Crippen LogP) is 4.28. The number of carbonyl (C=O) groups is 2. The Morgan fingerprint density at radius 1 is 1.09 bits per heavy atom. The quantitative estimate of drug-likeness (QED) is 0.213. The van der Waals surface area contributed by atoms with E-state index < -0.39 is 17.7 Å². The number of nitrogens with zero attached hydrogens (tertiary/aromatic N) is 1. The van der Waals surface area contributed by atoms with Crippen LogP contribution in [0.15, 0.2) is 48.0 Å². The van der Waals surface area contributed by atoms with Gasteiger partial charge in [-0.3, -0.25) is 9.59 Å². The minimum atomic E-state index is -0.844. The molecule has 2 aromatic carbocycles. The van der Waals surface area contributed by atoms with Crippen molar-refractivity contribution in [2.45, 2.75) is 33.2 Å². The van der Waals surface area contributed by atoms with Crippen molar-refractivity contribution in [2.75, 3.05) is 33.5 Å². The van der Waals surface area contributed by atoms with Gasteiger partial charge < -0.3 is 29.3 Å². The number of aliphatic hydroxyl groups excluding tert-OH is 1. The van der Waals surface area contributed by atoms with Gasteiger partial charge in [-0.2, -0.15) is 0 Å². The van der Waals surface area contributed by atoms with E-state index in [9.17, 15) is 19.8 Å². The number of hydrogen-bond acceptors (Lipinski definition) is 7. The molecular formula is C27H33NO7. The normalized spacial score (nSPS) is 17.3. The van der Waals surface area contributed by atoms with Crippen molar-refractivity contribution in [3.05, 3.63) is 59.2 Å². The first-order valence-corrected chi connectivity index (χ1v) is 11.7. The molecule has 0 radical (unpaired) electrons. The first-order valence-electron chi connectivity index (χ1n) is 11.7. The first-order chi connectivity index (χ1) is 16.8. The maximum Gasteiger partial charge on any atom is 0.295 e. The average Bonchev–Trinajstić information content (AvgIpc) is 3.09. The molecule has 3 rings (SSSR count). The summed E-state index contributed by atoms with van der Waals surface area (Å²) >= 11 is 0. The number of phenols is 1. The number of Topliss-reactive ketones (excluding diaryl/α,β-unsaturated/α-hetero) is 1. The summed E-state index contributed by atoms with van der Waals surface area (Å²) in [7, 11) is 1.56. The number of rotatable bonds is 11. The van der Waals surface area contributed by atoms with Gasteiger partial charge in [0.25, 0.3) is 11.7 Å². The fourth-order valence-electron chi connectivity index (χ4n) is 3.94. The van der Waals surface area contributed by atoms with E-state index in [2.05, 4.69) is 0 Å². The molecule has 1 atom stereocenters. The molecule has 0 aromatic heterocycles. The predicted molar refractivity (Wildman–Crippen MR) is 132 cm³/mol. The smallest absolute Gasteiger partial charge is 0.295 e. The van der Waals surface area contributed by atoms with E-state index in [0.29, 0.717) is 49.0 Å². The highest BCUT2D eigenvalue weighted by Crippen LogP contribution is 2.42. The highest BCUT2D eigenvalue weighted by atomic mass is 16.5. The molecule has 0 spiro atoms. The van der Waals surface area contributed by atoms with Gasteiger partial charge in [-0.1, -0.05) is 19.9 Å². The standard InChI is InChI=1S/C27H33NO7/c1-5-34-22-15-19(9-12-21(22)29)24-23(26(31)27(32)28(24)13-6-14-33-4)25(30)18-7-10-20(11-8-18)35-16-17(2)3/h7-12,15,17,24,29-30H,5-6,13-14,16H2,1-4H3/b25-23+/t24-/m1/s1. The minimum absolute atomic E-state index is 0.0172. The maximum atomic E-state index is 13.1. The minimum Gasteiger partial charge on any atom is -0.507 e. The monoisotopic (exact) mass is 483 g/mol. The third-order valence-electron chi connectivity index (χ3n) is 5.60. The highest BCUT2D eigenvalue weighted by Gasteiger charge is 2.46. The Hall–Kier alpha value is -3.52. The second kappa shape index (κ2) is 11.8. The van der Waals surface area contributed by atoms with Gasteiger partial charge in [0, 0.05) is 25.8 Å². The van der Waals surface area contributed by atoms with Crippen LogP contribution in [0.4, 0.5) is 0 Å². The van der Waals surface area contributed by atoms with E-state index >= 15 is 0 Å². The maximum absolute atomic E-state index is 13.1. The molecule has 1 saturated heterocycles. The zero-order chi connectivity index (χ0) is 25.5. The van der Waals surface area contributed by atoms with Gasteiger partial charge in [0.2, 0.25) is 0 Å². The highest BCUT2D eigenvalue weighted by molar-refractivity contribution is 6.46. The van der Waals surface area contributed by atoms with E-state index in [1.807, 2.05) is 13.8 Å². The van der Waals surface area contributed by atoms with Crippen molar-refractivity contribution in [1.82, 2.24) is 4.90 Å². The van der Waals surface area contributed by atoms with E-state index in [1.165, 1.54) is 11.0 Å². The molecule has 1 aliphatic heterocycles.